The fourth-order valence-corrected chi connectivity index (χ4v) is 3.52. The van der Waals surface area contributed by atoms with Crippen molar-refractivity contribution in [2.75, 3.05) is 13.7 Å². The molecule has 0 saturated heterocycles. The van der Waals surface area contributed by atoms with Gasteiger partial charge in [-0.05, 0) is 43.7 Å². The standard InChI is InChI=1S/C14H19NO4S/c1-19-7-3-5-10(14(17)18)15-13(16)12-8-9-4-2-6-11(9)20-12/h8,10H,2-7H2,1H3,(H,15,16)(H,17,18). The molecule has 0 aromatic carbocycles. The van der Waals surface area contributed by atoms with Gasteiger partial charge in [0.25, 0.3) is 5.91 Å². The number of amides is 1. The largest absolute Gasteiger partial charge is 0.480 e. The molecule has 1 amide bonds. The Labute approximate surface area is 121 Å². The third-order valence-corrected chi connectivity index (χ3v) is 4.65. The molecular formula is C14H19NO4S. The molecule has 1 aromatic rings. The zero-order chi connectivity index (χ0) is 14.5. The Kier molecular flexibility index (Phi) is 5.14. The number of thiophene rings is 1. The predicted molar refractivity (Wildman–Crippen MR) is 76.3 cm³/mol. The highest BCUT2D eigenvalue weighted by atomic mass is 32.1. The van der Waals surface area contributed by atoms with Crippen molar-refractivity contribution in [1.29, 1.82) is 0 Å². The molecular weight excluding hydrogens is 278 g/mol. The number of carbonyl (C=O) groups excluding carboxylic acids is 1. The number of carboxylic acids is 1. The summed E-state index contributed by atoms with van der Waals surface area (Å²) < 4.78 is 4.90. The molecule has 5 nitrogen and oxygen atoms in total. The van der Waals surface area contributed by atoms with Crippen LogP contribution in [0.4, 0.5) is 0 Å². The molecule has 2 rings (SSSR count). The maximum absolute atomic E-state index is 12.1. The fraction of sp³-hybridized carbons (Fsp3) is 0.571. The van der Waals surface area contributed by atoms with Crippen LogP contribution in [0.3, 0.4) is 0 Å². The van der Waals surface area contributed by atoms with Gasteiger partial charge in [0, 0.05) is 18.6 Å². The third kappa shape index (κ3) is 3.58. The minimum atomic E-state index is -1.00. The second-order valence-corrected chi connectivity index (χ2v) is 6.05. The van der Waals surface area contributed by atoms with Crippen molar-refractivity contribution < 1.29 is 19.4 Å². The minimum absolute atomic E-state index is 0.283. The number of hydrogen-bond acceptors (Lipinski definition) is 4. The highest BCUT2D eigenvalue weighted by Crippen LogP contribution is 2.30. The van der Waals surface area contributed by atoms with E-state index in [-0.39, 0.29) is 5.91 Å². The lowest BCUT2D eigenvalue weighted by Crippen LogP contribution is -2.40. The maximum Gasteiger partial charge on any atom is 0.326 e. The average Bonchev–Trinajstić information content (AvgIpc) is 2.98. The molecule has 1 aliphatic carbocycles. The van der Waals surface area contributed by atoms with Crippen molar-refractivity contribution in [1.82, 2.24) is 5.32 Å². The van der Waals surface area contributed by atoms with Crippen LogP contribution in [0.5, 0.6) is 0 Å². The lowest BCUT2D eigenvalue weighted by molar-refractivity contribution is -0.139. The van der Waals surface area contributed by atoms with Gasteiger partial charge in [-0.3, -0.25) is 4.79 Å². The number of ether oxygens (including phenoxy) is 1. The molecule has 0 saturated carbocycles. The molecule has 0 fully saturated rings. The van der Waals surface area contributed by atoms with E-state index in [0.717, 1.165) is 19.3 Å². The SMILES string of the molecule is COCCCC(NC(=O)c1cc2c(s1)CCC2)C(=O)O. The van der Waals surface area contributed by atoms with Gasteiger partial charge in [-0.15, -0.1) is 11.3 Å². The van der Waals surface area contributed by atoms with Crippen molar-refractivity contribution in [2.45, 2.75) is 38.1 Å². The van der Waals surface area contributed by atoms with Crippen LogP contribution in [0, 0.1) is 0 Å². The van der Waals surface area contributed by atoms with Crippen molar-refractivity contribution >= 4 is 23.2 Å². The number of carbonyl (C=O) groups is 2. The Morgan fingerprint density at radius 2 is 2.30 bits per heavy atom. The number of carboxylic acid groups (broad SMARTS) is 1. The smallest absolute Gasteiger partial charge is 0.326 e. The van der Waals surface area contributed by atoms with Crippen molar-refractivity contribution in [3.8, 4) is 0 Å². The van der Waals surface area contributed by atoms with E-state index in [2.05, 4.69) is 5.32 Å². The zero-order valence-electron chi connectivity index (χ0n) is 11.5. The van der Waals surface area contributed by atoms with E-state index in [9.17, 15) is 9.59 Å². The second kappa shape index (κ2) is 6.85. The van der Waals surface area contributed by atoms with E-state index in [0.29, 0.717) is 24.3 Å². The van der Waals surface area contributed by atoms with Gasteiger partial charge in [-0.1, -0.05) is 0 Å². The van der Waals surface area contributed by atoms with Crippen LogP contribution in [0.1, 0.15) is 39.4 Å². The Morgan fingerprint density at radius 1 is 1.50 bits per heavy atom. The molecule has 1 unspecified atom stereocenters. The lowest BCUT2D eigenvalue weighted by Gasteiger charge is -2.13. The molecule has 0 spiro atoms. The Balaban J connectivity index is 1.94. The Bertz CT molecular complexity index is 476. The third-order valence-electron chi connectivity index (χ3n) is 3.42. The molecule has 0 radical (unpaired) electrons. The average molecular weight is 297 g/mol. The molecule has 0 bridgehead atoms. The van der Waals surface area contributed by atoms with Crippen LogP contribution >= 0.6 is 11.3 Å². The fourth-order valence-electron chi connectivity index (χ4n) is 2.36. The normalized spacial score (nSPS) is 14.8. The van der Waals surface area contributed by atoms with Gasteiger partial charge < -0.3 is 15.2 Å². The van der Waals surface area contributed by atoms with E-state index >= 15 is 0 Å². The number of hydrogen-bond donors (Lipinski definition) is 2. The van der Waals surface area contributed by atoms with Crippen LogP contribution in [-0.4, -0.2) is 36.7 Å². The van der Waals surface area contributed by atoms with Crippen LogP contribution < -0.4 is 5.32 Å². The van der Waals surface area contributed by atoms with Crippen molar-refractivity contribution in [3.63, 3.8) is 0 Å². The number of rotatable bonds is 7. The van der Waals surface area contributed by atoms with Crippen LogP contribution in [0.25, 0.3) is 0 Å². The van der Waals surface area contributed by atoms with Crippen molar-refractivity contribution in [3.05, 3.63) is 21.4 Å². The quantitative estimate of drug-likeness (QED) is 0.753. The van der Waals surface area contributed by atoms with Gasteiger partial charge in [0.2, 0.25) is 0 Å². The number of fused-ring (bicyclic) bond motifs is 1. The molecule has 1 heterocycles. The summed E-state index contributed by atoms with van der Waals surface area (Å²) in [6.07, 6.45) is 4.19. The van der Waals surface area contributed by atoms with E-state index in [4.69, 9.17) is 9.84 Å². The van der Waals surface area contributed by atoms with E-state index < -0.39 is 12.0 Å². The Hall–Kier alpha value is -1.40. The number of aliphatic carboxylic acids is 1. The summed E-state index contributed by atoms with van der Waals surface area (Å²) in [4.78, 5) is 25.1. The second-order valence-electron chi connectivity index (χ2n) is 4.91. The molecule has 0 aliphatic heterocycles. The summed E-state index contributed by atoms with van der Waals surface area (Å²) in [5.74, 6) is -1.28. The first kappa shape index (κ1) is 15.0. The number of aryl methyl sites for hydroxylation is 2. The topological polar surface area (TPSA) is 75.6 Å². The zero-order valence-corrected chi connectivity index (χ0v) is 12.3. The van der Waals surface area contributed by atoms with Gasteiger partial charge in [0.1, 0.15) is 6.04 Å². The number of methoxy groups -OCH3 is 1. The van der Waals surface area contributed by atoms with Crippen molar-refractivity contribution in [2.24, 2.45) is 0 Å². The summed E-state index contributed by atoms with van der Waals surface area (Å²) in [5, 5.41) is 11.7. The Morgan fingerprint density at radius 3 is 2.95 bits per heavy atom. The summed E-state index contributed by atoms with van der Waals surface area (Å²) >= 11 is 1.48. The van der Waals surface area contributed by atoms with Gasteiger partial charge >= 0.3 is 5.97 Å². The molecule has 1 aliphatic rings. The first-order valence-corrected chi connectivity index (χ1v) is 7.57. The van der Waals surface area contributed by atoms with E-state index in [1.54, 1.807) is 7.11 Å². The monoisotopic (exact) mass is 297 g/mol. The molecule has 2 N–H and O–H groups in total. The molecule has 20 heavy (non-hydrogen) atoms. The summed E-state index contributed by atoms with van der Waals surface area (Å²) in [5.41, 5.74) is 1.24. The predicted octanol–water partition coefficient (Wildman–Crippen LogP) is 1.85. The summed E-state index contributed by atoms with van der Waals surface area (Å²) in [6.45, 7) is 0.493. The summed E-state index contributed by atoms with van der Waals surface area (Å²) in [6, 6.07) is 1.05. The molecule has 110 valence electrons. The molecule has 1 atom stereocenters. The minimum Gasteiger partial charge on any atom is -0.480 e. The van der Waals surface area contributed by atoms with Gasteiger partial charge in [0.15, 0.2) is 0 Å². The van der Waals surface area contributed by atoms with Gasteiger partial charge in [0.05, 0.1) is 4.88 Å². The molecule has 6 heteroatoms. The molecule has 1 aromatic heterocycles. The first-order valence-electron chi connectivity index (χ1n) is 6.76. The first-order chi connectivity index (χ1) is 9.61. The van der Waals surface area contributed by atoms with Gasteiger partial charge in [-0.2, -0.15) is 0 Å². The maximum atomic E-state index is 12.1. The number of nitrogens with one attached hydrogen (secondary N) is 1. The summed E-state index contributed by atoms with van der Waals surface area (Å²) in [7, 11) is 1.57. The highest BCUT2D eigenvalue weighted by molar-refractivity contribution is 7.14. The highest BCUT2D eigenvalue weighted by Gasteiger charge is 2.23. The van der Waals surface area contributed by atoms with Crippen LogP contribution in [0.2, 0.25) is 0 Å². The van der Waals surface area contributed by atoms with Gasteiger partial charge in [-0.25, -0.2) is 4.79 Å². The van der Waals surface area contributed by atoms with Crippen LogP contribution in [-0.2, 0) is 22.4 Å². The van der Waals surface area contributed by atoms with E-state index in [1.165, 1.54) is 21.8 Å². The lowest BCUT2D eigenvalue weighted by atomic mass is 10.1. The van der Waals surface area contributed by atoms with E-state index in [1.807, 2.05) is 6.07 Å². The van der Waals surface area contributed by atoms with Crippen LogP contribution in [0.15, 0.2) is 6.07 Å².